The Bertz CT molecular complexity index is 1210. The predicted octanol–water partition coefficient (Wildman–Crippen LogP) is 6.63. The fraction of sp³-hybridized carbons (Fsp3) is 0.290. The summed E-state index contributed by atoms with van der Waals surface area (Å²) in [5, 5.41) is 9.00. The van der Waals surface area contributed by atoms with Crippen LogP contribution in [0.15, 0.2) is 78.9 Å². The van der Waals surface area contributed by atoms with Gasteiger partial charge < -0.3 is 14.9 Å². The number of nitrogens with zero attached hydrogens (tertiary/aromatic N) is 2. The quantitative estimate of drug-likeness (QED) is 0.366. The third-order valence-electron chi connectivity index (χ3n) is 6.83. The van der Waals surface area contributed by atoms with Crippen LogP contribution in [0.2, 0.25) is 0 Å². The number of carbonyl (C=O) groups excluding carboxylic acids is 1. The highest BCUT2D eigenvalue weighted by Crippen LogP contribution is 2.30. The van der Waals surface area contributed by atoms with Crippen molar-refractivity contribution in [1.82, 2.24) is 0 Å². The number of benzene rings is 3. The number of amides is 1. The zero-order chi connectivity index (χ0) is 25.5. The van der Waals surface area contributed by atoms with Crippen LogP contribution in [0.5, 0.6) is 0 Å². The van der Waals surface area contributed by atoms with Crippen molar-refractivity contribution in [3.05, 3.63) is 90.0 Å². The molecule has 186 valence electrons. The molecule has 1 N–H and O–H groups in total. The molecule has 0 spiro atoms. The number of carbonyl (C=O) groups is 2. The van der Waals surface area contributed by atoms with Gasteiger partial charge in [0.1, 0.15) is 0 Å². The Hall–Kier alpha value is -3.86. The molecule has 4 rings (SSSR count). The van der Waals surface area contributed by atoms with E-state index in [4.69, 9.17) is 5.11 Å². The van der Waals surface area contributed by atoms with Gasteiger partial charge in [0.15, 0.2) is 0 Å². The lowest BCUT2D eigenvalue weighted by atomic mass is 9.88. The van der Waals surface area contributed by atoms with Crippen molar-refractivity contribution in [1.29, 1.82) is 0 Å². The smallest absolute Gasteiger partial charge is 0.328 e. The summed E-state index contributed by atoms with van der Waals surface area (Å²) in [6.07, 6.45) is 7.91. The Morgan fingerprint density at radius 3 is 2.11 bits per heavy atom. The summed E-state index contributed by atoms with van der Waals surface area (Å²) in [5.74, 6) is -0.809. The topological polar surface area (TPSA) is 60.9 Å². The van der Waals surface area contributed by atoms with E-state index >= 15 is 0 Å². The van der Waals surface area contributed by atoms with Gasteiger partial charge in [-0.3, -0.25) is 4.79 Å². The van der Waals surface area contributed by atoms with Crippen LogP contribution >= 0.6 is 0 Å². The Morgan fingerprint density at radius 2 is 1.50 bits per heavy atom. The summed E-state index contributed by atoms with van der Waals surface area (Å²) >= 11 is 0. The number of hydrogen-bond acceptors (Lipinski definition) is 3. The Morgan fingerprint density at radius 1 is 0.861 bits per heavy atom. The maximum atomic E-state index is 13.7. The van der Waals surface area contributed by atoms with Crippen molar-refractivity contribution in [3.8, 4) is 11.1 Å². The lowest BCUT2D eigenvalue weighted by Crippen LogP contribution is -2.36. The van der Waals surface area contributed by atoms with Gasteiger partial charge >= 0.3 is 5.97 Å². The monoisotopic (exact) mass is 482 g/mol. The standard InChI is InChI=1S/C31H34N2O3/c1-32(2)28-18-16-26(17-19-28)25-14-11-24(12-15-25)22-33(31(36)27-8-4-3-5-9-27)29-10-6-7-23(21-29)13-20-30(34)35/h6-7,10-21,27H,3-5,8-9,22H2,1-2H3,(H,34,35). The Kier molecular flexibility index (Phi) is 8.21. The molecule has 1 aliphatic carbocycles. The fourth-order valence-electron chi connectivity index (χ4n) is 4.77. The Labute approximate surface area is 213 Å². The van der Waals surface area contributed by atoms with Crippen LogP contribution in [0, 0.1) is 5.92 Å². The highest BCUT2D eigenvalue weighted by Gasteiger charge is 2.27. The van der Waals surface area contributed by atoms with E-state index in [0.717, 1.165) is 65.4 Å². The molecule has 3 aromatic rings. The van der Waals surface area contributed by atoms with Crippen LogP contribution in [0.3, 0.4) is 0 Å². The van der Waals surface area contributed by atoms with E-state index in [1.165, 1.54) is 6.42 Å². The fourth-order valence-corrected chi connectivity index (χ4v) is 4.77. The minimum absolute atomic E-state index is 0.0338. The van der Waals surface area contributed by atoms with Crippen LogP contribution in [0.4, 0.5) is 11.4 Å². The SMILES string of the molecule is CN(C)c1ccc(-c2ccc(CN(C(=O)C3CCCCC3)c3cccc(C=CC(=O)O)c3)cc2)cc1. The molecule has 3 aromatic carbocycles. The van der Waals surface area contributed by atoms with Crippen molar-refractivity contribution in [2.45, 2.75) is 38.6 Å². The average Bonchev–Trinajstić information content (AvgIpc) is 2.91. The molecule has 0 saturated heterocycles. The molecule has 36 heavy (non-hydrogen) atoms. The van der Waals surface area contributed by atoms with Crippen molar-refractivity contribution < 1.29 is 14.7 Å². The highest BCUT2D eigenvalue weighted by molar-refractivity contribution is 5.95. The zero-order valence-electron chi connectivity index (χ0n) is 21.1. The van der Waals surface area contributed by atoms with E-state index in [-0.39, 0.29) is 11.8 Å². The molecular weight excluding hydrogens is 448 g/mol. The molecule has 0 bridgehead atoms. The summed E-state index contributed by atoms with van der Waals surface area (Å²) < 4.78 is 0. The second kappa shape index (κ2) is 11.7. The largest absolute Gasteiger partial charge is 0.478 e. The lowest BCUT2D eigenvalue weighted by Gasteiger charge is -2.30. The first-order valence-corrected chi connectivity index (χ1v) is 12.6. The zero-order valence-corrected chi connectivity index (χ0v) is 21.1. The van der Waals surface area contributed by atoms with Crippen LogP contribution in [0.25, 0.3) is 17.2 Å². The molecular formula is C31H34N2O3. The molecule has 0 aliphatic heterocycles. The van der Waals surface area contributed by atoms with Gasteiger partial charge in [0.25, 0.3) is 0 Å². The van der Waals surface area contributed by atoms with Crippen molar-refractivity contribution in [2.24, 2.45) is 5.92 Å². The van der Waals surface area contributed by atoms with E-state index < -0.39 is 5.97 Å². The molecule has 5 nitrogen and oxygen atoms in total. The maximum Gasteiger partial charge on any atom is 0.328 e. The molecule has 0 radical (unpaired) electrons. The first-order valence-electron chi connectivity index (χ1n) is 12.6. The van der Waals surface area contributed by atoms with Gasteiger partial charge in [-0.05, 0) is 65.4 Å². The van der Waals surface area contributed by atoms with Crippen LogP contribution in [-0.2, 0) is 16.1 Å². The van der Waals surface area contributed by atoms with Crippen molar-refractivity contribution in [2.75, 3.05) is 23.9 Å². The van der Waals surface area contributed by atoms with Crippen LogP contribution < -0.4 is 9.80 Å². The Balaban J connectivity index is 1.58. The number of carboxylic acids is 1. The predicted molar refractivity (Wildman–Crippen MR) is 147 cm³/mol. The van der Waals surface area contributed by atoms with Gasteiger partial charge in [-0.2, -0.15) is 0 Å². The van der Waals surface area contributed by atoms with E-state index in [9.17, 15) is 9.59 Å². The third kappa shape index (κ3) is 6.42. The third-order valence-corrected chi connectivity index (χ3v) is 6.83. The molecule has 5 heteroatoms. The summed E-state index contributed by atoms with van der Waals surface area (Å²) in [7, 11) is 4.06. The first kappa shape index (κ1) is 25.2. The molecule has 0 heterocycles. The van der Waals surface area contributed by atoms with Gasteiger partial charge in [0, 0.05) is 37.5 Å². The molecule has 1 aliphatic rings. The molecule has 0 aromatic heterocycles. The minimum Gasteiger partial charge on any atom is -0.478 e. The van der Waals surface area contributed by atoms with Crippen molar-refractivity contribution >= 4 is 29.3 Å². The molecule has 1 fully saturated rings. The average molecular weight is 483 g/mol. The number of carboxylic acid groups (broad SMARTS) is 1. The van der Waals surface area contributed by atoms with Gasteiger partial charge in [-0.15, -0.1) is 0 Å². The summed E-state index contributed by atoms with van der Waals surface area (Å²) in [4.78, 5) is 28.6. The molecule has 0 unspecified atom stereocenters. The first-order chi connectivity index (χ1) is 17.4. The van der Waals surface area contributed by atoms with E-state index in [1.54, 1.807) is 6.08 Å². The van der Waals surface area contributed by atoms with Gasteiger partial charge in [0.05, 0.1) is 6.54 Å². The normalized spacial score (nSPS) is 14.1. The number of anilines is 2. The number of aliphatic carboxylic acids is 1. The van der Waals surface area contributed by atoms with Crippen LogP contribution in [0.1, 0.15) is 43.2 Å². The second-order valence-electron chi connectivity index (χ2n) is 9.66. The molecule has 1 amide bonds. The van der Waals surface area contributed by atoms with E-state index in [2.05, 4.69) is 53.4 Å². The lowest BCUT2D eigenvalue weighted by molar-refractivity contribution is -0.131. The van der Waals surface area contributed by atoms with Crippen LogP contribution in [-0.4, -0.2) is 31.1 Å². The van der Waals surface area contributed by atoms with Gasteiger partial charge in [-0.1, -0.05) is 67.8 Å². The molecule has 1 saturated carbocycles. The number of hydrogen-bond donors (Lipinski definition) is 1. The second-order valence-corrected chi connectivity index (χ2v) is 9.66. The summed E-state index contributed by atoms with van der Waals surface area (Å²) in [6.45, 7) is 0.473. The summed E-state index contributed by atoms with van der Waals surface area (Å²) in [5.41, 5.74) is 6.05. The van der Waals surface area contributed by atoms with Crippen molar-refractivity contribution in [3.63, 3.8) is 0 Å². The highest BCUT2D eigenvalue weighted by atomic mass is 16.4. The minimum atomic E-state index is -0.994. The van der Waals surface area contributed by atoms with E-state index in [1.807, 2.05) is 43.3 Å². The van der Waals surface area contributed by atoms with Gasteiger partial charge in [-0.25, -0.2) is 4.79 Å². The van der Waals surface area contributed by atoms with E-state index in [0.29, 0.717) is 6.54 Å². The summed E-state index contributed by atoms with van der Waals surface area (Å²) in [6, 6.07) is 24.4. The number of rotatable bonds is 8. The molecule has 0 atom stereocenters. The van der Waals surface area contributed by atoms with Gasteiger partial charge in [0.2, 0.25) is 5.91 Å². The maximum absolute atomic E-state index is 13.7.